The lowest BCUT2D eigenvalue weighted by atomic mass is 10.1. The van der Waals surface area contributed by atoms with Crippen molar-refractivity contribution < 1.29 is 9.21 Å². The molecule has 0 aliphatic heterocycles. The highest BCUT2D eigenvalue weighted by Crippen LogP contribution is 2.16. The van der Waals surface area contributed by atoms with Gasteiger partial charge in [0.15, 0.2) is 11.0 Å². The summed E-state index contributed by atoms with van der Waals surface area (Å²) in [6.07, 6.45) is 0. The molecule has 2 N–H and O–H groups in total. The summed E-state index contributed by atoms with van der Waals surface area (Å²) in [5.41, 5.74) is 7.30. The fraction of sp³-hybridized carbons (Fsp3) is 0.143. The number of rotatable bonds is 4. The average Bonchev–Trinajstić information content (AvgIpc) is 2.84. The van der Waals surface area contributed by atoms with Gasteiger partial charge in [0.2, 0.25) is 0 Å². The molecule has 0 saturated heterocycles. The first-order chi connectivity index (χ1) is 9.47. The van der Waals surface area contributed by atoms with Gasteiger partial charge in [-0.05, 0) is 35.4 Å². The van der Waals surface area contributed by atoms with Crippen molar-refractivity contribution in [3.8, 4) is 0 Å². The van der Waals surface area contributed by atoms with E-state index in [1.165, 1.54) is 11.0 Å². The minimum absolute atomic E-state index is 0.192. The van der Waals surface area contributed by atoms with Gasteiger partial charge < -0.3 is 15.1 Å². The normalized spacial score (nSPS) is 10.3. The molecule has 0 unspecified atom stereocenters. The van der Waals surface area contributed by atoms with Crippen LogP contribution in [0.15, 0.2) is 40.8 Å². The summed E-state index contributed by atoms with van der Waals surface area (Å²) in [5.74, 6) is -0.0272. The van der Waals surface area contributed by atoms with Crippen LogP contribution in [0.5, 0.6) is 0 Å². The van der Waals surface area contributed by atoms with Crippen molar-refractivity contribution in [3.63, 3.8) is 0 Å². The molecule has 0 bridgehead atoms. The summed E-state index contributed by atoms with van der Waals surface area (Å²) in [5, 5.41) is 0.192. The van der Waals surface area contributed by atoms with Crippen molar-refractivity contribution in [1.82, 2.24) is 4.90 Å². The molecule has 6 heteroatoms. The molecule has 0 spiro atoms. The van der Waals surface area contributed by atoms with E-state index in [9.17, 15) is 4.79 Å². The zero-order valence-electron chi connectivity index (χ0n) is 10.8. The minimum atomic E-state index is -0.238. The van der Waals surface area contributed by atoms with Crippen LogP contribution in [-0.4, -0.2) is 22.8 Å². The molecular weight excluding hydrogens is 296 g/mol. The second-order valence-electron chi connectivity index (χ2n) is 4.33. The van der Waals surface area contributed by atoms with Crippen molar-refractivity contribution in [2.45, 2.75) is 6.54 Å². The van der Waals surface area contributed by atoms with Gasteiger partial charge >= 0.3 is 0 Å². The number of carbonyl (C=O) groups is 1. The molecule has 0 radical (unpaired) electrons. The van der Waals surface area contributed by atoms with Gasteiger partial charge in [-0.2, -0.15) is 0 Å². The molecule has 104 valence electrons. The first-order valence-corrected chi connectivity index (χ1v) is 6.65. The lowest BCUT2D eigenvalue weighted by molar-refractivity contribution is 0.0753. The maximum Gasteiger partial charge on any atom is 0.289 e. The summed E-state index contributed by atoms with van der Waals surface area (Å²) in [7, 11) is 1.69. The van der Waals surface area contributed by atoms with Crippen molar-refractivity contribution in [3.05, 3.63) is 58.5 Å². The lowest BCUT2D eigenvalue weighted by Gasteiger charge is -2.16. The van der Waals surface area contributed by atoms with Crippen molar-refractivity contribution >= 4 is 34.7 Å². The Labute approximate surface area is 127 Å². The molecule has 1 aromatic heterocycles. The monoisotopic (exact) mass is 308 g/mol. The first kappa shape index (κ1) is 14.6. The van der Waals surface area contributed by atoms with E-state index in [1.807, 2.05) is 24.3 Å². The quantitative estimate of drug-likeness (QED) is 0.882. The third-order valence-electron chi connectivity index (χ3n) is 2.76. The second-order valence-corrected chi connectivity index (χ2v) is 5.14. The molecule has 1 aromatic carbocycles. The highest BCUT2D eigenvalue weighted by molar-refractivity contribution is 7.80. The topological polar surface area (TPSA) is 59.5 Å². The number of hydrogen-bond donors (Lipinski definition) is 1. The minimum Gasteiger partial charge on any atom is -0.440 e. The molecule has 0 atom stereocenters. The second kappa shape index (κ2) is 6.07. The molecule has 0 fully saturated rings. The van der Waals surface area contributed by atoms with E-state index >= 15 is 0 Å². The number of thiocarbonyl (C=S) groups is 1. The molecule has 4 nitrogen and oxygen atoms in total. The SMILES string of the molecule is CN(Cc1cccc(C(N)=S)c1)C(=O)c1ccc(Cl)o1. The lowest BCUT2D eigenvalue weighted by Crippen LogP contribution is -2.26. The zero-order chi connectivity index (χ0) is 14.7. The predicted molar refractivity (Wildman–Crippen MR) is 81.8 cm³/mol. The summed E-state index contributed by atoms with van der Waals surface area (Å²) >= 11 is 10.6. The molecule has 20 heavy (non-hydrogen) atoms. The van der Waals surface area contributed by atoms with Crippen LogP contribution in [0.1, 0.15) is 21.7 Å². The Morgan fingerprint density at radius 3 is 2.75 bits per heavy atom. The van der Waals surface area contributed by atoms with E-state index in [4.69, 9.17) is 34.0 Å². The van der Waals surface area contributed by atoms with E-state index < -0.39 is 0 Å². The Morgan fingerprint density at radius 1 is 1.40 bits per heavy atom. The maximum atomic E-state index is 12.1. The summed E-state index contributed by atoms with van der Waals surface area (Å²) in [6.45, 7) is 0.424. The fourth-order valence-corrected chi connectivity index (χ4v) is 2.06. The average molecular weight is 309 g/mol. The van der Waals surface area contributed by atoms with Crippen LogP contribution in [0.2, 0.25) is 5.22 Å². The Hall–Kier alpha value is -1.85. The van der Waals surface area contributed by atoms with Gasteiger partial charge in [-0.3, -0.25) is 4.79 Å². The van der Waals surface area contributed by atoms with Gasteiger partial charge in [0.05, 0.1) is 0 Å². The summed E-state index contributed by atoms with van der Waals surface area (Å²) < 4.78 is 5.10. The van der Waals surface area contributed by atoms with Crippen molar-refractivity contribution in [1.29, 1.82) is 0 Å². The largest absolute Gasteiger partial charge is 0.440 e. The fourth-order valence-electron chi connectivity index (χ4n) is 1.79. The van der Waals surface area contributed by atoms with E-state index in [-0.39, 0.29) is 16.9 Å². The number of nitrogens with two attached hydrogens (primary N) is 1. The van der Waals surface area contributed by atoms with Crippen LogP contribution in [0.3, 0.4) is 0 Å². The number of nitrogens with zero attached hydrogens (tertiary/aromatic N) is 1. The standard InChI is InChI=1S/C14H13ClN2O2S/c1-17(14(18)11-5-6-12(15)19-11)8-9-3-2-4-10(7-9)13(16)20/h2-7H,8H2,1H3,(H2,16,20). The third kappa shape index (κ3) is 3.37. The van der Waals surface area contributed by atoms with Crippen LogP contribution >= 0.6 is 23.8 Å². The Balaban J connectivity index is 2.11. The highest BCUT2D eigenvalue weighted by atomic mass is 35.5. The molecule has 0 aliphatic carbocycles. The number of benzene rings is 1. The summed E-state index contributed by atoms with van der Waals surface area (Å²) in [4.78, 5) is 14.0. The number of hydrogen-bond acceptors (Lipinski definition) is 3. The number of amides is 1. The number of furan rings is 1. The van der Waals surface area contributed by atoms with Gasteiger partial charge in [-0.25, -0.2) is 0 Å². The van der Waals surface area contributed by atoms with Gasteiger partial charge in [-0.1, -0.05) is 30.4 Å². The van der Waals surface area contributed by atoms with Gasteiger partial charge in [0.25, 0.3) is 5.91 Å². The predicted octanol–water partition coefficient (Wildman–Crippen LogP) is 2.84. The van der Waals surface area contributed by atoms with Gasteiger partial charge in [0.1, 0.15) is 4.99 Å². The molecule has 2 rings (SSSR count). The van der Waals surface area contributed by atoms with Crippen molar-refractivity contribution in [2.24, 2.45) is 5.73 Å². The van der Waals surface area contributed by atoms with Gasteiger partial charge in [-0.15, -0.1) is 0 Å². The van der Waals surface area contributed by atoms with Crippen LogP contribution in [-0.2, 0) is 6.54 Å². The molecule has 1 heterocycles. The van der Waals surface area contributed by atoms with E-state index in [1.54, 1.807) is 13.1 Å². The van der Waals surface area contributed by atoms with Crippen molar-refractivity contribution in [2.75, 3.05) is 7.05 Å². The number of carbonyl (C=O) groups excluding carboxylic acids is 1. The number of halogens is 1. The molecule has 0 saturated carbocycles. The maximum absolute atomic E-state index is 12.1. The zero-order valence-corrected chi connectivity index (χ0v) is 12.4. The third-order valence-corrected chi connectivity index (χ3v) is 3.20. The van der Waals surface area contributed by atoms with E-state index in [0.29, 0.717) is 11.5 Å². The first-order valence-electron chi connectivity index (χ1n) is 5.87. The molecular formula is C14H13ClN2O2S. The highest BCUT2D eigenvalue weighted by Gasteiger charge is 2.16. The van der Waals surface area contributed by atoms with Gasteiger partial charge in [0, 0.05) is 19.2 Å². The van der Waals surface area contributed by atoms with Crippen LogP contribution in [0.25, 0.3) is 0 Å². The smallest absolute Gasteiger partial charge is 0.289 e. The summed E-state index contributed by atoms with van der Waals surface area (Å²) in [6, 6.07) is 10.5. The van der Waals surface area contributed by atoms with E-state index in [0.717, 1.165) is 11.1 Å². The Kier molecular flexibility index (Phi) is 4.42. The Bertz CT molecular complexity index is 654. The molecule has 2 aromatic rings. The van der Waals surface area contributed by atoms with Crippen LogP contribution < -0.4 is 5.73 Å². The molecule has 1 amide bonds. The Morgan fingerprint density at radius 2 is 2.15 bits per heavy atom. The van der Waals surface area contributed by atoms with Crippen LogP contribution in [0, 0.1) is 0 Å². The van der Waals surface area contributed by atoms with E-state index in [2.05, 4.69) is 0 Å². The molecule has 0 aliphatic rings. The van der Waals surface area contributed by atoms with Crippen LogP contribution in [0.4, 0.5) is 0 Å².